The highest BCUT2D eigenvalue weighted by Crippen LogP contribution is 2.13. The maximum absolute atomic E-state index is 13.5. The Morgan fingerprint density at radius 1 is 0.485 bits per heavy atom. The van der Waals surface area contributed by atoms with Crippen LogP contribution in [0.15, 0.2) is 97.7 Å². The van der Waals surface area contributed by atoms with Crippen molar-refractivity contribution in [2.24, 2.45) is 0 Å². The van der Waals surface area contributed by atoms with Gasteiger partial charge in [-0.2, -0.15) is 16.8 Å². The molecule has 0 aliphatic rings. The van der Waals surface area contributed by atoms with Crippen LogP contribution in [0, 0.1) is 0 Å². The van der Waals surface area contributed by atoms with Gasteiger partial charge in [-0.3, -0.25) is 18.7 Å². The van der Waals surface area contributed by atoms with E-state index in [-0.39, 0.29) is 23.3 Å². The van der Waals surface area contributed by atoms with Crippen LogP contribution in [-0.4, -0.2) is 72.2 Å². The molecule has 2 N–H and O–H groups in total. The van der Waals surface area contributed by atoms with Crippen LogP contribution in [0.3, 0.4) is 0 Å². The first-order valence-electron chi connectivity index (χ1n) is 24.9. The van der Waals surface area contributed by atoms with Gasteiger partial charge in [0.1, 0.15) is 13.1 Å². The number of carbonyl (C=O) groups is 2. The van der Waals surface area contributed by atoms with Crippen molar-refractivity contribution in [3.63, 3.8) is 0 Å². The smallest absolute Gasteiger partial charge is 0.265 e. The van der Waals surface area contributed by atoms with E-state index in [0.29, 0.717) is 52.1 Å². The summed E-state index contributed by atoms with van der Waals surface area (Å²) in [7, 11) is -8.02. The zero-order valence-electron chi connectivity index (χ0n) is 40.4. The molecule has 0 aliphatic carbocycles. The van der Waals surface area contributed by atoms with E-state index in [1.807, 2.05) is 92.3 Å². The second-order valence-electron chi connectivity index (χ2n) is 17.5. The molecule has 0 saturated carbocycles. The summed E-state index contributed by atoms with van der Waals surface area (Å²) in [5.41, 5.74) is 1.91. The Morgan fingerprint density at radius 2 is 0.818 bits per heavy atom. The molecule has 0 atom stereocenters. The Balaban J connectivity index is 2.01. The van der Waals surface area contributed by atoms with Crippen molar-refractivity contribution in [1.29, 1.82) is 0 Å². The van der Waals surface area contributed by atoms with Gasteiger partial charge in [-0.1, -0.05) is 140 Å². The average molecular weight is 957 g/mol. The lowest BCUT2D eigenvalue weighted by Gasteiger charge is -2.22. The van der Waals surface area contributed by atoms with Crippen molar-refractivity contribution < 1.29 is 44.7 Å². The molecule has 370 valence electrons. The molecule has 2 aromatic rings. The van der Waals surface area contributed by atoms with Crippen molar-refractivity contribution in [2.45, 2.75) is 181 Å². The lowest BCUT2D eigenvalue weighted by molar-refractivity contribution is -0.697. The van der Waals surface area contributed by atoms with Crippen LogP contribution in [0.2, 0.25) is 0 Å². The zero-order chi connectivity index (χ0) is 48.1. The molecule has 0 radical (unpaired) electrons. The molecule has 0 aromatic carbocycles. The summed E-state index contributed by atoms with van der Waals surface area (Å²) >= 11 is 0. The van der Waals surface area contributed by atoms with Crippen LogP contribution in [0.25, 0.3) is 0 Å². The third-order valence-electron chi connectivity index (χ3n) is 11.5. The van der Waals surface area contributed by atoms with Crippen molar-refractivity contribution in [3.8, 4) is 0 Å². The van der Waals surface area contributed by atoms with Crippen molar-refractivity contribution in [1.82, 2.24) is 9.80 Å². The number of allylic oxidation sites excluding steroid dienone is 6. The fourth-order valence-electron chi connectivity index (χ4n) is 7.55. The topological polar surface area (TPSA) is 157 Å². The van der Waals surface area contributed by atoms with Crippen LogP contribution in [0.4, 0.5) is 0 Å². The predicted octanol–water partition coefficient (Wildman–Crippen LogP) is 10.2. The summed E-state index contributed by atoms with van der Waals surface area (Å²) in [4.78, 5) is 30.8. The molecule has 0 fully saturated rings. The summed E-state index contributed by atoms with van der Waals surface area (Å²) in [6.07, 6.45) is 46.1. The highest BCUT2D eigenvalue weighted by atomic mass is 32.2. The normalized spacial score (nSPS) is 12.4. The van der Waals surface area contributed by atoms with E-state index in [2.05, 4.69) is 26.0 Å². The average Bonchev–Trinajstić information content (AvgIpc) is 3.27. The zero-order valence-corrected chi connectivity index (χ0v) is 42.0. The number of aryl methyl sites for hydroxylation is 2. The van der Waals surface area contributed by atoms with E-state index in [0.717, 1.165) is 62.5 Å². The van der Waals surface area contributed by atoms with E-state index in [9.17, 15) is 26.4 Å². The second kappa shape index (κ2) is 36.1. The molecule has 66 heavy (non-hydrogen) atoms. The molecule has 12 nitrogen and oxygen atoms in total. The van der Waals surface area contributed by atoms with Crippen LogP contribution in [-0.2, 0) is 56.0 Å². The standard InChI is InChI=1S/C52H82N4O8S2/c1-3-5-7-9-11-13-15-17-19-21-25-31-51(57)55(47-49-33-41-53(42-34-49)37-29-45-65(59,60)61)39-27-23-24-28-40-56(48-50-35-43-54(44-36-50)38-30-46-66(62,63)64)52(58)32-26-22-20-18-16-14-12-10-8-6-4-2/h19-22,25-26,31-36,41-44H,3-18,23-24,27-30,37-40,45-48H2,1-2H3/p+2/b21-19+,22-20+,31-25+,32-26+. The predicted molar refractivity (Wildman–Crippen MR) is 266 cm³/mol. The maximum Gasteiger partial charge on any atom is 0.265 e. The Labute approximate surface area is 399 Å². The minimum absolute atomic E-state index is 0.0666. The fraction of sp³-hybridized carbons (Fsp3) is 0.615. The number of nitrogens with zero attached hydrogens (tertiary/aromatic N) is 4. The Kier molecular flexibility index (Phi) is 31.8. The summed E-state index contributed by atoms with van der Waals surface area (Å²) in [6, 6.07) is 7.73. The van der Waals surface area contributed by atoms with Crippen molar-refractivity contribution >= 4 is 32.1 Å². The lowest BCUT2D eigenvalue weighted by Crippen LogP contribution is -2.35. The van der Waals surface area contributed by atoms with Gasteiger partial charge in [0.2, 0.25) is 11.8 Å². The van der Waals surface area contributed by atoms with Gasteiger partial charge in [0.05, 0.1) is 11.5 Å². The highest BCUT2D eigenvalue weighted by molar-refractivity contribution is 7.86. The molecule has 0 unspecified atom stereocenters. The SMILES string of the molecule is CCCCCCCCC/C=C/C=C/C(=O)N(CCCCCCN(Cc1cc[n+](CCCS(=O)(=O)O)cc1)C(=O)/C=C/C=C/CCCCCCCCC)Cc1cc[n+](CCCS(=O)(=O)O)cc1. The quantitative estimate of drug-likeness (QED) is 0.0220. The monoisotopic (exact) mass is 957 g/mol. The van der Waals surface area contributed by atoms with Gasteiger partial charge in [0.25, 0.3) is 20.2 Å². The molecule has 2 rings (SSSR count). The summed E-state index contributed by atoms with van der Waals surface area (Å²) < 4.78 is 66.4. The number of rotatable bonds is 39. The van der Waals surface area contributed by atoms with Crippen LogP contribution in [0.5, 0.6) is 0 Å². The van der Waals surface area contributed by atoms with Gasteiger partial charge in [-0.05, 0) is 49.7 Å². The first-order chi connectivity index (χ1) is 31.8. The number of pyridine rings is 2. The fourth-order valence-corrected chi connectivity index (χ4v) is 8.54. The van der Waals surface area contributed by atoms with Gasteiger partial charge < -0.3 is 9.80 Å². The number of amides is 2. The molecule has 2 amide bonds. The summed E-state index contributed by atoms with van der Waals surface area (Å²) in [5.74, 6) is -0.734. The van der Waals surface area contributed by atoms with Crippen LogP contribution >= 0.6 is 0 Å². The molecule has 0 spiro atoms. The molecule has 0 saturated heterocycles. The number of unbranched alkanes of at least 4 members (excludes halogenated alkanes) is 17. The number of carbonyl (C=O) groups excluding carboxylic acids is 2. The summed E-state index contributed by atoms with van der Waals surface area (Å²) in [6.45, 7) is 7.34. The molecule has 0 bridgehead atoms. The maximum atomic E-state index is 13.5. The molecular weight excluding hydrogens is 873 g/mol. The third kappa shape index (κ3) is 31.9. The summed E-state index contributed by atoms with van der Waals surface area (Å²) in [5, 5.41) is 0. The van der Waals surface area contributed by atoms with Crippen LogP contribution < -0.4 is 9.13 Å². The minimum atomic E-state index is -4.01. The number of aromatic nitrogens is 2. The van der Waals surface area contributed by atoms with E-state index < -0.39 is 20.2 Å². The molecule has 2 heterocycles. The van der Waals surface area contributed by atoms with E-state index >= 15 is 0 Å². The van der Waals surface area contributed by atoms with E-state index in [1.165, 1.54) is 77.0 Å². The lowest BCUT2D eigenvalue weighted by atomic mass is 10.1. The minimum Gasteiger partial charge on any atom is -0.335 e. The molecule has 2 aromatic heterocycles. The van der Waals surface area contributed by atoms with Gasteiger partial charge in [0.15, 0.2) is 24.8 Å². The largest absolute Gasteiger partial charge is 0.335 e. The van der Waals surface area contributed by atoms with Gasteiger partial charge in [-0.25, -0.2) is 9.13 Å². The first kappa shape index (κ1) is 58.1. The van der Waals surface area contributed by atoms with E-state index in [4.69, 9.17) is 9.11 Å². The highest BCUT2D eigenvalue weighted by Gasteiger charge is 2.15. The first-order valence-corrected chi connectivity index (χ1v) is 28.1. The second-order valence-corrected chi connectivity index (χ2v) is 20.6. The third-order valence-corrected chi connectivity index (χ3v) is 13.1. The Bertz CT molecular complexity index is 1810. The van der Waals surface area contributed by atoms with E-state index in [1.54, 1.807) is 12.2 Å². The molecular formula is C52H84N4O8S2+2. The molecule has 14 heteroatoms. The number of hydrogen-bond donors (Lipinski definition) is 2. The van der Waals surface area contributed by atoms with Crippen molar-refractivity contribution in [3.05, 3.63) is 109 Å². The van der Waals surface area contributed by atoms with Crippen molar-refractivity contribution in [2.75, 3.05) is 24.6 Å². The van der Waals surface area contributed by atoms with Gasteiger partial charge >= 0.3 is 0 Å². The number of hydrogen-bond acceptors (Lipinski definition) is 6. The Hall–Kier alpha value is -3.98. The molecule has 0 aliphatic heterocycles. The van der Waals surface area contributed by atoms with Gasteiger partial charge in [-0.15, -0.1) is 0 Å². The van der Waals surface area contributed by atoms with Crippen LogP contribution in [0.1, 0.15) is 166 Å². The Morgan fingerprint density at radius 3 is 1.17 bits per heavy atom. The van der Waals surface area contributed by atoms with Gasteiger partial charge in [0, 0.05) is 75.4 Å².